The summed E-state index contributed by atoms with van der Waals surface area (Å²) < 4.78 is 47.8. The molecule has 0 unspecified atom stereocenters. The summed E-state index contributed by atoms with van der Waals surface area (Å²) in [6.45, 7) is 0. The fraction of sp³-hybridized carbons (Fsp3) is 0.300. The molecule has 0 aromatic heterocycles. The summed E-state index contributed by atoms with van der Waals surface area (Å²) >= 11 is 0. The van der Waals surface area contributed by atoms with Crippen LogP contribution in [0.15, 0.2) is 42.5 Å². The first-order chi connectivity index (χ1) is 15.0. The van der Waals surface area contributed by atoms with E-state index in [2.05, 4.69) is 10.1 Å². The number of hydrogen-bond donors (Lipinski definition) is 2. The van der Waals surface area contributed by atoms with Crippen LogP contribution in [0.1, 0.15) is 22.8 Å². The second-order valence-corrected chi connectivity index (χ2v) is 6.56. The summed E-state index contributed by atoms with van der Waals surface area (Å²) in [6, 6.07) is 5.59. The number of methoxy groups -OCH3 is 2. The third kappa shape index (κ3) is 5.94. The van der Waals surface area contributed by atoms with Crippen molar-refractivity contribution >= 4 is 17.6 Å². The summed E-state index contributed by atoms with van der Waals surface area (Å²) in [5, 5.41) is 23.5. The maximum absolute atomic E-state index is 12.7. The van der Waals surface area contributed by atoms with Crippen LogP contribution in [0.2, 0.25) is 0 Å². The van der Waals surface area contributed by atoms with Crippen molar-refractivity contribution in [3.8, 4) is 5.75 Å². The number of nitro groups is 1. The van der Waals surface area contributed by atoms with Gasteiger partial charge in [-0.15, -0.1) is 0 Å². The molecule has 0 spiro atoms. The number of aliphatic hydroxyl groups excluding tert-OH is 1. The lowest BCUT2D eigenvalue weighted by Gasteiger charge is -2.20. The molecular formula is C20H19F3N2O7. The number of ether oxygens (including phenoxy) is 2. The van der Waals surface area contributed by atoms with Crippen molar-refractivity contribution in [2.24, 2.45) is 0 Å². The van der Waals surface area contributed by atoms with Crippen molar-refractivity contribution < 1.29 is 42.3 Å². The van der Waals surface area contributed by atoms with Crippen LogP contribution in [-0.2, 0) is 26.9 Å². The minimum atomic E-state index is -4.58. The quantitative estimate of drug-likeness (QED) is 0.355. The lowest BCUT2D eigenvalue weighted by molar-refractivity contribution is -0.384. The molecule has 1 amide bonds. The largest absolute Gasteiger partial charge is 0.496 e. The molecule has 2 atom stereocenters. The predicted octanol–water partition coefficient (Wildman–Crippen LogP) is 2.56. The third-order valence-corrected chi connectivity index (χ3v) is 4.50. The molecule has 0 aliphatic rings. The zero-order chi connectivity index (χ0) is 24.1. The van der Waals surface area contributed by atoms with Crippen molar-refractivity contribution in [3.63, 3.8) is 0 Å². The van der Waals surface area contributed by atoms with Crippen LogP contribution in [-0.4, -0.2) is 42.2 Å². The molecule has 2 rings (SSSR count). The fourth-order valence-electron chi connectivity index (χ4n) is 2.85. The number of amides is 1. The van der Waals surface area contributed by atoms with Gasteiger partial charge in [0.05, 0.1) is 24.7 Å². The summed E-state index contributed by atoms with van der Waals surface area (Å²) in [7, 11) is 2.36. The molecule has 2 aromatic rings. The highest BCUT2D eigenvalue weighted by molar-refractivity contribution is 5.87. The molecule has 172 valence electrons. The van der Waals surface area contributed by atoms with E-state index in [1.165, 1.54) is 19.2 Å². The number of hydrogen-bond acceptors (Lipinski definition) is 7. The molecule has 0 aliphatic heterocycles. The number of carbonyl (C=O) groups is 2. The van der Waals surface area contributed by atoms with Gasteiger partial charge in [-0.3, -0.25) is 14.9 Å². The monoisotopic (exact) mass is 456 g/mol. The zero-order valence-corrected chi connectivity index (χ0v) is 16.9. The van der Waals surface area contributed by atoms with Gasteiger partial charge in [-0.25, -0.2) is 4.79 Å². The van der Waals surface area contributed by atoms with Gasteiger partial charge in [-0.05, 0) is 23.8 Å². The van der Waals surface area contributed by atoms with E-state index in [9.17, 15) is 38.0 Å². The Bertz CT molecular complexity index is 994. The minimum Gasteiger partial charge on any atom is -0.496 e. The average molecular weight is 456 g/mol. The molecule has 0 saturated heterocycles. The van der Waals surface area contributed by atoms with Crippen LogP contribution in [0.5, 0.6) is 5.75 Å². The molecule has 0 radical (unpaired) electrons. The maximum atomic E-state index is 12.7. The number of rotatable bonds is 8. The number of aliphatic hydroxyl groups is 1. The Morgan fingerprint density at radius 1 is 1.16 bits per heavy atom. The molecule has 2 aromatic carbocycles. The van der Waals surface area contributed by atoms with E-state index in [1.807, 2.05) is 0 Å². The molecule has 0 bridgehead atoms. The molecule has 32 heavy (non-hydrogen) atoms. The number of alkyl halides is 3. The van der Waals surface area contributed by atoms with E-state index in [0.29, 0.717) is 12.1 Å². The Morgan fingerprint density at radius 3 is 2.28 bits per heavy atom. The van der Waals surface area contributed by atoms with Gasteiger partial charge in [0.15, 0.2) is 6.10 Å². The second-order valence-electron chi connectivity index (χ2n) is 6.56. The highest BCUT2D eigenvalue weighted by atomic mass is 19.4. The van der Waals surface area contributed by atoms with Gasteiger partial charge in [0.1, 0.15) is 11.8 Å². The molecule has 0 fully saturated rings. The van der Waals surface area contributed by atoms with Crippen LogP contribution in [0, 0.1) is 10.1 Å². The van der Waals surface area contributed by atoms with E-state index in [0.717, 1.165) is 25.3 Å². The van der Waals surface area contributed by atoms with Gasteiger partial charge >= 0.3 is 12.1 Å². The van der Waals surface area contributed by atoms with Crippen LogP contribution in [0.25, 0.3) is 0 Å². The normalized spacial score (nSPS) is 13.1. The van der Waals surface area contributed by atoms with Crippen molar-refractivity contribution in [2.45, 2.75) is 24.7 Å². The van der Waals surface area contributed by atoms with E-state index in [-0.39, 0.29) is 29.0 Å². The van der Waals surface area contributed by atoms with Crippen LogP contribution < -0.4 is 10.1 Å². The van der Waals surface area contributed by atoms with E-state index < -0.39 is 40.7 Å². The first-order valence-corrected chi connectivity index (χ1v) is 9.02. The van der Waals surface area contributed by atoms with Crippen LogP contribution >= 0.6 is 0 Å². The van der Waals surface area contributed by atoms with Crippen molar-refractivity contribution in [1.82, 2.24) is 5.32 Å². The standard InChI is InChI=1S/C20H19F3N2O7/c1-31-16-8-7-14(25(29)30)9-12(16)10-15(19(28)32-2)24-18(27)17(26)11-3-5-13(6-4-11)20(21,22)23/h3-9,15,17,26H,10H2,1-2H3,(H,24,27)/t15-,17-/m1/s1. The first kappa shape index (κ1) is 24.6. The molecule has 0 heterocycles. The Hall–Kier alpha value is -3.67. The zero-order valence-electron chi connectivity index (χ0n) is 16.9. The summed E-state index contributed by atoms with van der Waals surface area (Å²) in [5.41, 5.74) is -1.16. The highest BCUT2D eigenvalue weighted by Crippen LogP contribution is 2.30. The smallest absolute Gasteiger partial charge is 0.416 e. The second kappa shape index (κ2) is 10.1. The lowest BCUT2D eigenvalue weighted by Crippen LogP contribution is -2.45. The van der Waals surface area contributed by atoms with E-state index >= 15 is 0 Å². The molecular weight excluding hydrogens is 437 g/mol. The predicted molar refractivity (Wildman–Crippen MR) is 104 cm³/mol. The number of nitrogens with one attached hydrogen (secondary N) is 1. The Morgan fingerprint density at radius 2 is 1.78 bits per heavy atom. The molecule has 12 heteroatoms. The molecule has 9 nitrogen and oxygen atoms in total. The van der Waals surface area contributed by atoms with Crippen LogP contribution in [0.3, 0.4) is 0 Å². The fourth-order valence-corrected chi connectivity index (χ4v) is 2.85. The van der Waals surface area contributed by atoms with Gasteiger partial charge in [0.2, 0.25) is 0 Å². The SMILES string of the molecule is COC(=O)[C@@H](Cc1cc([N+](=O)[O-])ccc1OC)NC(=O)[C@H](O)c1ccc(C(F)(F)F)cc1. The number of nitro benzene ring substituents is 1. The third-order valence-electron chi connectivity index (χ3n) is 4.50. The van der Waals surface area contributed by atoms with Crippen LogP contribution in [0.4, 0.5) is 18.9 Å². The topological polar surface area (TPSA) is 128 Å². The highest BCUT2D eigenvalue weighted by Gasteiger charge is 2.31. The number of esters is 1. The number of halogens is 3. The first-order valence-electron chi connectivity index (χ1n) is 9.02. The molecule has 0 saturated carbocycles. The number of carbonyl (C=O) groups excluding carboxylic acids is 2. The summed E-state index contributed by atoms with van der Waals surface area (Å²) in [4.78, 5) is 35.0. The molecule has 0 aliphatic carbocycles. The maximum Gasteiger partial charge on any atom is 0.416 e. The Balaban J connectivity index is 2.24. The van der Waals surface area contributed by atoms with E-state index in [1.54, 1.807) is 0 Å². The average Bonchev–Trinajstić information content (AvgIpc) is 2.76. The van der Waals surface area contributed by atoms with Gasteiger partial charge < -0.3 is 19.9 Å². The van der Waals surface area contributed by atoms with Gasteiger partial charge in [-0.1, -0.05) is 12.1 Å². The van der Waals surface area contributed by atoms with Gasteiger partial charge in [-0.2, -0.15) is 13.2 Å². The summed E-state index contributed by atoms with van der Waals surface area (Å²) in [5.74, 6) is -1.78. The lowest BCUT2D eigenvalue weighted by atomic mass is 10.0. The number of benzene rings is 2. The van der Waals surface area contributed by atoms with E-state index in [4.69, 9.17) is 4.74 Å². The number of non-ortho nitro benzene ring substituents is 1. The van der Waals surface area contributed by atoms with Crippen molar-refractivity contribution in [2.75, 3.05) is 14.2 Å². The Labute approximate surface area is 179 Å². The van der Waals surface area contributed by atoms with Gasteiger partial charge in [0.25, 0.3) is 11.6 Å². The Kier molecular flexibility index (Phi) is 7.76. The van der Waals surface area contributed by atoms with Crippen molar-refractivity contribution in [1.29, 1.82) is 0 Å². The molecule has 2 N–H and O–H groups in total. The van der Waals surface area contributed by atoms with Crippen molar-refractivity contribution in [3.05, 3.63) is 69.3 Å². The summed E-state index contributed by atoms with van der Waals surface area (Å²) in [6.07, 6.45) is -6.74. The minimum absolute atomic E-state index is 0.132. The number of nitrogens with zero attached hydrogens (tertiary/aromatic N) is 1. The van der Waals surface area contributed by atoms with Gasteiger partial charge in [0, 0.05) is 24.1 Å².